The van der Waals surface area contributed by atoms with Gasteiger partial charge in [0.25, 0.3) is 0 Å². The maximum Gasteiger partial charge on any atom is 0.0129 e. The predicted octanol–water partition coefficient (Wildman–Crippen LogP) is 9.34. The van der Waals surface area contributed by atoms with Crippen LogP contribution in [0, 0.1) is 12.8 Å². The first kappa shape index (κ1) is 26.2. The zero-order valence-corrected chi connectivity index (χ0v) is 19.6. The summed E-state index contributed by atoms with van der Waals surface area (Å²) in [5, 5.41) is 0. The van der Waals surface area contributed by atoms with Crippen molar-refractivity contribution < 1.29 is 0 Å². The minimum atomic E-state index is 0.421. The molecule has 0 fully saturated rings. The van der Waals surface area contributed by atoms with Crippen LogP contribution < -0.4 is 0 Å². The Labute approximate surface area is 176 Å². The summed E-state index contributed by atoms with van der Waals surface area (Å²) in [4.78, 5) is 0. The van der Waals surface area contributed by atoms with Crippen LogP contribution in [0.1, 0.15) is 96.3 Å². The highest BCUT2D eigenvalue weighted by Crippen LogP contribution is 2.32. The van der Waals surface area contributed by atoms with Crippen molar-refractivity contribution in [3.63, 3.8) is 0 Å². The summed E-state index contributed by atoms with van der Waals surface area (Å²) in [6.45, 7) is 19.2. The number of rotatable bonds is 8. The lowest BCUT2D eigenvalue weighted by molar-refractivity contribution is 0.492. The molecule has 0 aliphatic carbocycles. The molecule has 2 rings (SSSR count). The highest BCUT2D eigenvalue weighted by molar-refractivity contribution is 5.38. The minimum Gasteiger partial charge on any atom is -0.100 e. The Hall–Kier alpha value is -1.82. The summed E-state index contributed by atoms with van der Waals surface area (Å²) in [7, 11) is 0. The number of unbranched alkanes of at least 4 members (excludes halogenated alkanes) is 1. The lowest BCUT2D eigenvalue weighted by Gasteiger charge is -2.20. The van der Waals surface area contributed by atoms with Crippen LogP contribution >= 0.6 is 0 Å². The molecule has 0 aromatic heterocycles. The van der Waals surface area contributed by atoms with E-state index in [9.17, 15) is 0 Å². The maximum atomic E-state index is 4.08. The molecule has 2 unspecified atom stereocenters. The average molecular weight is 381 g/mol. The van der Waals surface area contributed by atoms with Crippen LogP contribution in [0.25, 0.3) is 0 Å². The Bertz CT molecular complexity index is 623. The van der Waals surface area contributed by atoms with E-state index in [1.807, 2.05) is 13.8 Å². The summed E-state index contributed by atoms with van der Waals surface area (Å²) < 4.78 is 0. The van der Waals surface area contributed by atoms with Gasteiger partial charge in [-0.1, -0.05) is 120 Å². The van der Waals surface area contributed by atoms with Crippen molar-refractivity contribution >= 4 is 0 Å². The van der Waals surface area contributed by atoms with E-state index < -0.39 is 0 Å². The molecule has 2 aromatic carbocycles. The lowest BCUT2D eigenvalue weighted by atomic mass is 9.84. The van der Waals surface area contributed by atoms with Gasteiger partial charge in [0.1, 0.15) is 0 Å². The number of hydrogen-bond acceptors (Lipinski definition) is 0. The second-order valence-corrected chi connectivity index (χ2v) is 7.64. The van der Waals surface area contributed by atoms with Gasteiger partial charge in [-0.15, -0.1) is 6.58 Å². The van der Waals surface area contributed by atoms with Gasteiger partial charge in [-0.3, -0.25) is 0 Å². The summed E-state index contributed by atoms with van der Waals surface area (Å²) >= 11 is 0. The fourth-order valence-electron chi connectivity index (χ4n) is 3.18. The molecule has 0 bridgehead atoms. The fraction of sp³-hybridized carbons (Fsp3) is 0.500. The van der Waals surface area contributed by atoms with Crippen LogP contribution in [0.4, 0.5) is 0 Å². The molecule has 0 aliphatic heterocycles. The van der Waals surface area contributed by atoms with Crippen LogP contribution in [0.2, 0.25) is 0 Å². The van der Waals surface area contributed by atoms with Gasteiger partial charge in [0, 0.05) is 5.92 Å². The van der Waals surface area contributed by atoms with Crippen molar-refractivity contribution in [1.29, 1.82) is 0 Å². The monoisotopic (exact) mass is 380 g/mol. The van der Waals surface area contributed by atoms with E-state index in [-0.39, 0.29) is 0 Å². The normalized spacial score (nSPS) is 12.0. The van der Waals surface area contributed by atoms with Gasteiger partial charge in [0.15, 0.2) is 0 Å². The third-order valence-corrected chi connectivity index (χ3v) is 5.07. The van der Waals surface area contributed by atoms with E-state index in [4.69, 9.17) is 0 Å². The molecule has 0 saturated heterocycles. The molecule has 0 radical (unpaired) electrons. The van der Waals surface area contributed by atoms with E-state index in [2.05, 4.69) is 95.8 Å². The molecule has 0 N–H and O–H groups in total. The molecular weight excluding hydrogens is 336 g/mol. The van der Waals surface area contributed by atoms with Gasteiger partial charge >= 0.3 is 0 Å². The summed E-state index contributed by atoms with van der Waals surface area (Å²) in [6.07, 6.45) is 6.54. The first-order valence-electron chi connectivity index (χ1n) is 11.2. The van der Waals surface area contributed by atoms with Crippen LogP contribution in [0.15, 0.2) is 66.7 Å². The first-order chi connectivity index (χ1) is 13.5. The number of aryl methyl sites for hydroxylation is 1. The van der Waals surface area contributed by atoms with Crippen molar-refractivity contribution in [2.45, 2.75) is 86.5 Å². The maximum absolute atomic E-state index is 4.08. The van der Waals surface area contributed by atoms with Crippen molar-refractivity contribution in [3.8, 4) is 0 Å². The smallest absolute Gasteiger partial charge is 0.0129 e. The minimum absolute atomic E-state index is 0.421. The second-order valence-electron chi connectivity index (χ2n) is 7.64. The summed E-state index contributed by atoms with van der Waals surface area (Å²) in [5.74, 6) is 1.37. The molecular formula is C28H44. The predicted molar refractivity (Wildman–Crippen MR) is 129 cm³/mol. The molecule has 0 nitrogen and oxygen atoms in total. The molecule has 2 atom stereocenters. The molecule has 156 valence electrons. The van der Waals surface area contributed by atoms with Crippen LogP contribution in [-0.2, 0) is 0 Å². The second kappa shape index (κ2) is 16.2. The van der Waals surface area contributed by atoms with Crippen molar-refractivity contribution in [3.05, 3.63) is 83.4 Å². The highest BCUT2D eigenvalue weighted by Gasteiger charge is 2.15. The largest absolute Gasteiger partial charge is 0.100 e. The quantitative estimate of drug-likeness (QED) is 0.400. The number of hydrogen-bond donors (Lipinski definition) is 0. The molecule has 0 heterocycles. The average Bonchev–Trinajstić information content (AvgIpc) is 2.73. The van der Waals surface area contributed by atoms with E-state index >= 15 is 0 Å². The van der Waals surface area contributed by atoms with E-state index in [0.29, 0.717) is 5.92 Å². The van der Waals surface area contributed by atoms with Gasteiger partial charge in [0.2, 0.25) is 0 Å². The molecule has 0 amide bonds. The zero-order valence-electron chi connectivity index (χ0n) is 19.6. The molecule has 28 heavy (non-hydrogen) atoms. The number of allylic oxidation sites excluding steroid dienone is 1. The topological polar surface area (TPSA) is 0 Å². The fourth-order valence-corrected chi connectivity index (χ4v) is 3.18. The third kappa shape index (κ3) is 10.5. The van der Waals surface area contributed by atoms with Crippen LogP contribution in [0.5, 0.6) is 0 Å². The van der Waals surface area contributed by atoms with Gasteiger partial charge in [-0.25, -0.2) is 0 Å². The molecule has 0 saturated carbocycles. The standard InChI is InChI=1S/C18H20.C8H18.C2H6/c1-14(2)13-18(16-10-5-4-6-11-16)17-12-8-7-9-15(17)3;1-4-6-7-8(3)5-2;1-2/h4-12,18H,1,13H2,2-3H3;8H,4-7H2,1-3H3;1-2H3. The van der Waals surface area contributed by atoms with E-state index in [1.165, 1.54) is 47.9 Å². The van der Waals surface area contributed by atoms with E-state index in [0.717, 1.165) is 12.3 Å². The Morgan fingerprint density at radius 3 is 2.00 bits per heavy atom. The van der Waals surface area contributed by atoms with Gasteiger partial charge in [0.05, 0.1) is 0 Å². The Morgan fingerprint density at radius 2 is 1.50 bits per heavy atom. The van der Waals surface area contributed by atoms with Crippen molar-refractivity contribution in [2.24, 2.45) is 5.92 Å². The SMILES string of the molecule is C=C(C)CC(c1ccccc1)c1ccccc1C.CC.CCCCC(C)CC. The summed E-state index contributed by atoms with van der Waals surface area (Å²) in [5.41, 5.74) is 5.36. The van der Waals surface area contributed by atoms with Gasteiger partial charge in [-0.05, 0) is 42.9 Å². The Balaban J connectivity index is 0.000000618. The van der Waals surface area contributed by atoms with Crippen LogP contribution in [-0.4, -0.2) is 0 Å². The molecule has 0 heteroatoms. The Morgan fingerprint density at radius 1 is 0.929 bits per heavy atom. The molecule has 0 spiro atoms. The lowest BCUT2D eigenvalue weighted by Crippen LogP contribution is -2.03. The first-order valence-corrected chi connectivity index (χ1v) is 11.2. The Kier molecular flexibility index (Phi) is 15.1. The van der Waals surface area contributed by atoms with Crippen molar-refractivity contribution in [1.82, 2.24) is 0 Å². The molecule has 2 aromatic rings. The van der Waals surface area contributed by atoms with Crippen molar-refractivity contribution in [2.75, 3.05) is 0 Å². The third-order valence-electron chi connectivity index (χ3n) is 5.07. The number of benzene rings is 2. The van der Waals surface area contributed by atoms with Gasteiger partial charge < -0.3 is 0 Å². The van der Waals surface area contributed by atoms with Gasteiger partial charge in [-0.2, -0.15) is 0 Å². The summed E-state index contributed by atoms with van der Waals surface area (Å²) in [6, 6.07) is 19.3. The van der Waals surface area contributed by atoms with E-state index in [1.54, 1.807) is 0 Å². The zero-order chi connectivity index (χ0) is 21.4. The molecule has 0 aliphatic rings. The van der Waals surface area contributed by atoms with Crippen LogP contribution in [0.3, 0.4) is 0 Å². The highest BCUT2D eigenvalue weighted by atomic mass is 14.2.